The number of nitrogens with zero attached hydrogens (tertiary/aromatic N) is 2. The third kappa shape index (κ3) is 2.68. The Bertz CT molecular complexity index is 500. The average Bonchev–Trinajstić information content (AvgIpc) is 2.39. The topological polar surface area (TPSA) is 42.1 Å². The van der Waals surface area contributed by atoms with E-state index in [4.69, 9.17) is 5.73 Å². The van der Waals surface area contributed by atoms with E-state index < -0.39 is 0 Å². The normalized spacial score (nSPS) is 12.2. The van der Waals surface area contributed by atoms with Crippen LogP contribution in [0.3, 0.4) is 0 Å². The summed E-state index contributed by atoms with van der Waals surface area (Å²) in [6, 6.07) is 12.4. The Morgan fingerprint density at radius 1 is 1.11 bits per heavy atom. The summed E-state index contributed by atoms with van der Waals surface area (Å²) < 4.78 is 0. The number of hydrogen-bond donors (Lipinski definition) is 1. The number of pyridine rings is 1. The summed E-state index contributed by atoms with van der Waals surface area (Å²) in [4.78, 5) is 6.50. The zero-order chi connectivity index (χ0) is 13.1. The Morgan fingerprint density at radius 2 is 1.78 bits per heavy atom. The number of hydrogen-bond acceptors (Lipinski definition) is 3. The molecule has 0 unspecified atom stereocenters. The lowest BCUT2D eigenvalue weighted by Crippen LogP contribution is -2.12. The number of anilines is 2. The first-order valence-electron chi connectivity index (χ1n) is 6.10. The Hall–Kier alpha value is -1.87. The lowest BCUT2D eigenvalue weighted by molar-refractivity contribution is 0.811. The third-order valence-corrected chi connectivity index (χ3v) is 3.06. The van der Waals surface area contributed by atoms with Gasteiger partial charge in [0.15, 0.2) is 0 Å². The summed E-state index contributed by atoms with van der Waals surface area (Å²) in [7, 11) is 2.01. The van der Waals surface area contributed by atoms with Crippen LogP contribution in [0.1, 0.15) is 24.1 Å². The van der Waals surface area contributed by atoms with Gasteiger partial charge in [-0.05, 0) is 37.6 Å². The highest BCUT2D eigenvalue weighted by Crippen LogP contribution is 2.22. The standard InChI is InChI=1S/C15H19N3/c1-11-4-7-14(8-5-11)18(3)15-9-6-13(10-17-15)12(2)16/h4-10,12H,16H2,1-3H3/t12-/m1/s1. The van der Waals surface area contributed by atoms with E-state index in [1.54, 1.807) is 0 Å². The minimum absolute atomic E-state index is 0.0243. The van der Waals surface area contributed by atoms with Crippen LogP contribution in [-0.4, -0.2) is 12.0 Å². The summed E-state index contributed by atoms with van der Waals surface area (Å²) in [6.45, 7) is 4.04. The fourth-order valence-electron chi connectivity index (χ4n) is 1.77. The molecule has 2 rings (SSSR count). The van der Waals surface area contributed by atoms with Crippen LogP contribution in [-0.2, 0) is 0 Å². The van der Waals surface area contributed by atoms with Gasteiger partial charge in [0.1, 0.15) is 5.82 Å². The number of aromatic nitrogens is 1. The van der Waals surface area contributed by atoms with Crippen molar-refractivity contribution < 1.29 is 0 Å². The number of aryl methyl sites for hydroxylation is 1. The molecule has 1 aromatic heterocycles. The molecule has 1 heterocycles. The molecule has 0 aliphatic rings. The molecule has 2 aromatic rings. The SMILES string of the molecule is Cc1ccc(N(C)c2ccc([C@@H](C)N)cn2)cc1. The van der Waals surface area contributed by atoms with E-state index in [0.717, 1.165) is 17.1 Å². The van der Waals surface area contributed by atoms with E-state index in [1.165, 1.54) is 5.56 Å². The number of benzene rings is 1. The van der Waals surface area contributed by atoms with Crippen molar-refractivity contribution in [2.45, 2.75) is 19.9 Å². The van der Waals surface area contributed by atoms with Crippen molar-refractivity contribution in [3.8, 4) is 0 Å². The number of rotatable bonds is 3. The van der Waals surface area contributed by atoms with Gasteiger partial charge in [-0.2, -0.15) is 0 Å². The van der Waals surface area contributed by atoms with E-state index in [1.807, 2.05) is 32.3 Å². The van der Waals surface area contributed by atoms with Crippen LogP contribution in [0, 0.1) is 6.92 Å². The Balaban J connectivity index is 2.23. The van der Waals surface area contributed by atoms with E-state index in [0.29, 0.717) is 0 Å². The smallest absolute Gasteiger partial charge is 0.132 e. The molecule has 0 radical (unpaired) electrons. The predicted octanol–water partition coefficient (Wildman–Crippen LogP) is 3.18. The van der Waals surface area contributed by atoms with Crippen LogP contribution in [0.4, 0.5) is 11.5 Å². The molecule has 0 aliphatic heterocycles. The van der Waals surface area contributed by atoms with Crippen molar-refractivity contribution in [3.63, 3.8) is 0 Å². The summed E-state index contributed by atoms with van der Waals surface area (Å²) in [6.07, 6.45) is 1.84. The molecule has 0 saturated carbocycles. The van der Waals surface area contributed by atoms with Gasteiger partial charge in [-0.25, -0.2) is 4.98 Å². The first kappa shape index (κ1) is 12.6. The molecule has 3 nitrogen and oxygen atoms in total. The molecule has 0 fully saturated rings. The maximum atomic E-state index is 5.81. The highest BCUT2D eigenvalue weighted by molar-refractivity contribution is 5.59. The average molecular weight is 241 g/mol. The van der Waals surface area contributed by atoms with Crippen molar-refractivity contribution in [3.05, 3.63) is 53.7 Å². The highest BCUT2D eigenvalue weighted by Gasteiger charge is 2.06. The predicted molar refractivity (Wildman–Crippen MR) is 76.1 cm³/mol. The van der Waals surface area contributed by atoms with E-state index >= 15 is 0 Å². The Morgan fingerprint density at radius 3 is 2.28 bits per heavy atom. The van der Waals surface area contributed by atoms with Crippen molar-refractivity contribution in [2.24, 2.45) is 5.73 Å². The van der Waals surface area contributed by atoms with Crippen LogP contribution in [0.15, 0.2) is 42.6 Å². The highest BCUT2D eigenvalue weighted by atomic mass is 15.2. The summed E-state index contributed by atoms with van der Waals surface area (Å²) in [5, 5.41) is 0. The van der Waals surface area contributed by atoms with Crippen molar-refractivity contribution in [1.82, 2.24) is 4.98 Å². The maximum absolute atomic E-state index is 5.81. The van der Waals surface area contributed by atoms with Gasteiger partial charge in [0.05, 0.1) is 0 Å². The summed E-state index contributed by atoms with van der Waals surface area (Å²) in [5.74, 6) is 0.920. The van der Waals surface area contributed by atoms with E-state index in [9.17, 15) is 0 Å². The Labute approximate surface area is 108 Å². The second kappa shape index (κ2) is 5.19. The molecule has 18 heavy (non-hydrogen) atoms. The molecule has 0 spiro atoms. The first-order valence-corrected chi connectivity index (χ1v) is 6.10. The van der Waals surface area contributed by atoms with Gasteiger partial charge in [-0.1, -0.05) is 23.8 Å². The minimum Gasteiger partial charge on any atom is -0.329 e. The zero-order valence-corrected chi connectivity index (χ0v) is 11.1. The van der Waals surface area contributed by atoms with E-state index in [2.05, 4.69) is 41.1 Å². The maximum Gasteiger partial charge on any atom is 0.132 e. The minimum atomic E-state index is 0.0243. The molecule has 0 saturated heterocycles. The molecule has 2 N–H and O–H groups in total. The molecule has 1 aromatic carbocycles. The fraction of sp³-hybridized carbons (Fsp3) is 0.267. The zero-order valence-electron chi connectivity index (χ0n) is 11.1. The molecule has 0 amide bonds. The summed E-state index contributed by atoms with van der Waals surface area (Å²) in [5.41, 5.74) is 9.25. The molecule has 3 heteroatoms. The lowest BCUT2D eigenvalue weighted by atomic mass is 10.1. The van der Waals surface area contributed by atoms with Gasteiger partial charge in [0.25, 0.3) is 0 Å². The van der Waals surface area contributed by atoms with Crippen LogP contribution in [0.2, 0.25) is 0 Å². The molecule has 94 valence electrons. The molecule has 0 bridgehead atoms. The van der Waals surface area contributed by atoms with Crippen LogP contribution in [0.5, 0.6) is 0 Å². The van der Waals surface area contributed by atoms with Gasteiger partial charge in [0.2, 0.25) is 0 Å². The lowest BCUT2D eigenvalue weighted by Gasteiger charge is -2.19. The molecular weight excluding hydrogens is 222 g/mol. The van der Waals surface area contributed by atoms with Gasteiger partial charge in [-0.15, -0.1) is 0 Å². The molecule has 0 aliphatic carbocycles. The van der Waals surface area contributed by atoms with Gasteiger partial charge in [-0.3, -0.25) is 0 Å². The Kier molecular flexibility index (Phi) is 3.63. The first-order chi connectivity index (χ1) is 8.58. The molecule has 1 atom stereocenters. The molecular formula is C15H19N3. The third-order valence-electron chi connectivity index (χ3n) is 3.06. The van der Waals surface area contributed by atoms with E-state index in [-0.39, 0.29) is 6.04 Å². The van der Waals surface area contributed by atoms with Gasteiger partial charge in [0, 0.05) is 25.0 Å². The second-order valence-corrected chi connectivity index (χ2v) is 4.63. The van der Waals surface area contributed by atoms with Gasteiger partial charge >= 0.3 is 0 Å². The monoisotopic (exact) mass is 241 g/mol. The summed E-state index contributed by atoms with van der Waals surface area (Å²) >= 11 is 0. The number of nitrogens with two attached hydrogens (primary N) is 1. The second-order valence-electron chi connectivity index (χ2n) is 4.63. The quantitative estimate of drug-likeness (QED) is 0.897. The largest absolute Gasteiger partial charge is 0.329 e. The van der Waals surface area contributed by atoms with Crippen LogP contribution >= 0.6 is 0 Å². The fourth-order valence-corrected chi connectivity index (χ4v) is 1.77. The van der Waals surface area contributed by atoms with Crippen molar-refractivity contribution >= 4 is 11.5 Å². The van der Waals surface area contributed by atoms with Gasteiger partial charge < -0.3 is 10.6 Å². The van der Waals surface area contributed by atoms with Crippen molar-refractivity contribution in [1.29, 1.82) is 0 Å². The van der Waals surface area contributed by atoms with Crippen LogP contribution in [0.25, 0.3) is 0 Å². The van der Waals surface area contributed by atoms with Crippen LogP contribution < -0.4 is 10.6 Å². The van der Waals surface area contributed by atoms with Crippen molar-refractivity contribution in [2.75, 3.05) is 11.9 Å².